The molecule has 2 atom stereocenters. The molecule has 118 valence electrons. The maximum absolute atomic E-state index is 12.3. The van der Waals surface area contributed by atoms with Gasteiger partial charge in [0.15, 0.2) is 0 Å². The first-order valence-corrected chi connectivity index (χ1v) is 7.96. The Morgan fingerprint density at radius 3 is 2.48 bits per heavy atom. The molecule has 1 heterocycles. The number of fused-ring (bicyclic) bond motifs is 1. The molecule has 0 spiro atoms. The van der Waals surface area contributed by atoms with Gasteiger partial charge in [0, 0.05) is 11.8 Å². The maximum Gasteiger partial charge on any atom is 0.221 e. The molecule has 1 N–H and O–H groups in total. The van der Waals surface area contributed by atoms with Gasteiger partial charge in [0.25, 0.3) is 0 Å². The molecular formula is C20H21NO2. The van der Waals surface area contributed by atoms with Crippen molar-refractivity contribution in [2.75, 3.05) is 0 Å². The zero-order valence-corrected chi connectivity index (χ0v) is 13.5. The molecule has 0 aliphatic heterocycles. The van der Waals surface area contributed by atoms with Crippen LogP contribution in [-0.4, -0.2) is 5.91 Å². The molecule has 1 aromatic heterocycles. The van der Waals surface area contributed by atoms with Gasteiger partial charge in [-0.1, -0.05) is 55.5 Å². The van der Waals surface area contributed by atoms with Gasteiger partial charge in [0.05, 0.1) is 6.04 Å². The van der Waals surface area contributed by atoms with Gasteiger partial charge in [-0.2, -0.15) is 0 Å². The third-order valence-electron chi connectivity index (χ3n) is 4.11. The van der Waals surface area contributed by atoms with Gasteiger partial charge < -0.3 is 9.73 Å². The molecule has 2 aromatic carbocycles. The SMILES string of the molecule is CC(CC(=O)NC(C)c1cc2ccccc2o1)c1ccccc1. The highest BCUT2D eigenvalue weighted by molar-refractivity contribution is 5.79. The summed E-state index contributed by atoms with van der Waals surface area (Å²) >= 11 is 0. The second kappa shape index (κ2) is 6.69. The van der Waals surface area contributed by atoms with Crippen molar-refractivity contribution in [3.8, 4) is 0 Å². The Kier molecular flexibility index (Phi) is 4.47. The minimum Gasteiger partial charge on any atom is -0.459 e. The number of nitrogens with one attached hydrogen (secondary N) is 1. The molecule has 1 amide bonds. The molecule has 23 heavy (non-hydrogen) atoms. The average Bonchev–Trinajstić information content (AvgIpc) is 2.99. The van der Waals surface area contributed by atoms with Gasteiger partial charge in [-0.05, 0) is 30.5 Å². The van der Waals surface area contributed by atoms with Gasteiger partial charge >= 0.3 is 0 Å². The highest BCUT2D eigenvalue weighted by Crippen LogP contribution is 2.24. The zero-order chi connectivity index (χ0) is 16.2. The molecule has 3 rings (SSSR count). The van der Waals surface area contributed by atoms with E-state index < -0.39 is 0 Å². The Morgan fingerprint density at radius 2 is 1.74 bits per heavy atom. The number of para-hydroxylation sites is 1. The summed E-state index contributed by atoms with van der Waals surface area (Å²) in [5.41, 5.74) is 2.03. The number of carbonyl (C=O) groups excluding carboxylic acids is 1. The molecule has 0 radical (unpaired) electrons. The van der Waals surface area contributed by atoms with Crippen LogP contribution in [0.5, 0.6) is 0 Å². The number of hydrogen-bond donors (Lipinski definition) is 1. The molecule has 3 heteroatoms. The van der Waals surface area contributed by atoms with Crippen LogP contribution in [-0.2, 0) is 4.79 Å². The fourth-order valence-corrected chi connectivity index (χ4v) is 2.76. The molecule has 3 nitrogen and oxygen atoms in total. The molecule has 0 saturated heterocycles. The predicted octanol–water partition coefficient (Wildman–Crippen LogP) is 4.80. The van der Waals surface area contributed by atoms with Gasteiger partial charge in [0.2, 0.25) is 5.91 Å². The number of rotatable bonds is 5. The predicted molar refractivity (Wildman–Crippen MR) is 92.2 cm³/mol. The van der Waals surface area contributed by atoms with Crippen molar-refractivity contribution in [3.05, 3.63) is 72.0 Å². The number of carbonyl (C=O) groups is 1. The monoisotopic (exact) mass is 307 g/mol. The van der Waals surface area contributed by atoms with E-state index in [1.54, 1.807) is 0 Å². The topological polar surface area (TPSA) is 42.2 Å². The lowest BCUT2D eigenvalue weighted by molar-refractivity contribution is -0.122. The summed E-state index contributed by atoms with van der Waals surface area (Å²) in [6.07, 6.45) is 0.467. The highest BCUT2D eigenvalue weighted by atomic mass is 16.3. The normalized spacial score (nSPS) is 13.7. The van der Waals surface area contributed by atoms with Crippen LogP contribution in [0.3, 0.4) is 0 Å². The van der Waals surface area contributed by atoms with Crippen LogP contribution in [0.1, 0.15) is 43.6 Å². The summed E-state index contributed by atoms with van der Waals surface area (Å²) in [6.45, 7) is 4.02. The van der Waals surface area contributed by atoms with E-state index in [9.17, 15) is 4.79 Å². The van der Waals surface area contributed by atoms with E-state index in [1.165, 1.54) is 5.56 Å². The average molecular weight is 307 g/mol. The van der Waals surface area contributed by atoms with Crippen LogP contribution in [0, 0.1) is 0 Å². The van der Waals surface area contributed by atoms with Crippen molar-refractivity contribution in [3.63, 3.8) is 0 Å². The van der Waals surface area contributed by atoms with Crippen molar-refractivity contribution in [1.82, 2.24) is 5.32 Å². The maximum atomic E-state index is 12.3. The first-order valence-electron chi connectivity index (χ1n) is 7.96. The first kappa shape index (κ1) is 15.3. The summed E-state index contributed by atoms with van der Waals surface area (Å²) < 4.78 is 5.81. The quantitative estimate of drug-likeness (QED) is 0.735. The van der Waals surface area contributed by atoms with Crippen LogP contribution in [0.2, 0.25) is 0 Å². The molecule has 0 saturated carbocycles. The van der Waals surface area contributed by atoms with E-state index in [1.807, 2.05) is 55.5 Å². The lowest BCUT2D eigenvalue weighted by Crippen LogP contribution is -2.27. The second-order valence-electron chi connectivity index (χ2n) is 5.99. The standard InChI is InChI=1S/C20H21NO2/c1-14(16-8-4-3-5-9-16)12-20(22)21-15(2)19-13-17-10-6-7-11-18(17)23-19/h3-11,13-15H,12H2,1-2H3,(H,21,22). The zero-order valence-electron chi connectivity index (χ0n) is 13.5. The molecule has 0 bridgehead atoms. The third-order valence-corrected chi connectivity index (χ3v) is 4.11. The van der Waals surface area contributed by atoms with Crippen LogP contribution >= 0.6 is 0 Å². The molecule has 2 unspecified atom stereocenters. The van der Waals surface area contributed by atoms with Crippen molar-refractivity contribution in [1.29, 1.82) is 0 Å². The van der Waals surface area contributed by atoms with E-state index in [0.29, 0.717) is 6.42 Å². The Bertz CT molecular complexity index is 759. The Hall–Kier alpha value is -2.55. The Morgan fingerprint density at radius 1 is 1.04 bits per heavy atom. The van der Waals surface area contributed by atoms with E-state index in [0.717, 1.165) is 16.7 Å². The van der Waals surface area contributed by atoms with E-state index >= 15 is 0 Å². The summed E-state index contributed by atoms with van der Waals surface area (Å²) in [5.74, 6) is 1.01. The van der Waals surface area contributed by atoms with Crippen molar-refractivity contribution < 1.29 is 9.21 Å². The summed E-state index contributed by atoms with van der Waals surface area (Å²) in [5, 5.41) is 4.08. The van der Waals surface area contributed by atoms with Crippen molar-refractivity contribution in [2.24, 2.45) is 0 Å². The fourth-order valence-electron chi connectivity index (χ4n) is 2.76. The van der Waals surface area contributed by atoms with Crippen molar-refractivity contribution in [2.45, 2.75) is 32.2 Å². The number of amides is 1. The van der Waals surface area contributed by atoms with Crippen LogP contribution in [0.25, 0.3) is 11.0 Å². The van der Waals surface area contributed by atoms with E-state index in [2.05, 4.69) is 24.4 Å². The smallest absolute Gasteiger partial charge is 0.221 e. The first-order chi connectivity index (χ1) is 11.1. The van der Waals surface area contributed by atoms with E-state index in [-0.39, 0.29) is 17.9 Å². The van der Waals surface area contributed by atoms with Gasteiger partial charge in [0.1, 0.15) is 11.3 Å². The summed E-state index contributed by atoms with van der Waals surface area (Å²) in [7, 11) is 0. The second-order valence-corrected chi connectivity index (χ2v) is 5.99. The number of hydrogen-bond acceptors (Lipinski definition) is 2. The minimum absolute atomic E-state index is 0.0364. The molecule has 0 aliphatic rings. The van der Waals surface area contributed by atoms with Crippen LogP contribution < -0.4 is 5.32 Å². The summed E-state index contributed by atoms with van der Waals surface area (Å²) in [4.78, 5) is 12.3. The number of benzene rings is 2. The molecular weight excluding hydrogens is 286 g/mol. The molecule has 3 aromatic rings. The van der Waals surface area contributed by atoms with Gasteiger partial charge in [-0.25, -0.2) is 0 Å². The molecule has 0 aliphatic carbocycles. The van der Waals surface area contributed by atoms with E-state index in [4.69, 9.17) is 4.42 Å². The minimum atomic E-state index is -0.141. The fraction of sp³-hybridized carbons (Fsp3) is 0.250. The number of furan rings is 1. The Balaban J connectivity index is 1.63. The largest absolute Gasteiger partial charge is 0.459 e. The van der Waals surface area contributed by atoms with Crippen LogP contribution in [0.15, 0.2) is 65.1 Å². The third kappa shape index (κ3) is 3.62. The highest BCUT2D eigenvalue weighted by Gasteiger charge is 2.16. The summed E-state index contributed by atoms with van der Waals surface area (Å²) in [6, 6.07) is 19.8. The van der Waals surface area contributed by atoms with Crippen LogP contribution in [0.4, 0.5) is 0 Å². The Labute approximate surface area is 136 Å². The lowest BCUT2D eigenvalue weighted by Gasteiger charge is -2.15. The van der Waals surface area contributed by atoms with Gasteiger partial charge in [-0.15, -0.1) is 0 Å². The van der Waals surface area contributed by atoms with Crippen molar-refractivity contribution >= 4 is 16.9 Å². The lowest BCUT2D eigenvalue weighted by atomic mass is 9.97. The van der Waals surface area contributed by atoms with Gasteiger partial charge in [-0.3, -0.25) is 4.79 Å². The molecule has 0 fully saturated rings.